The molecule has 2 aromatic rings. The molecule has 2 rings (SSSR count). The van der Waals surface area contributed by atoms with Crippen LogP contribution in [0.3, 0.4) is 0 Å². The van der Waals surface area contributed by atoms with Crippen molar-refractivity contribution in [1.29, 1.82) is 0 Å². The molecule has 0 saturated carbocycles. The second kappa shape index (κ2) is 5.17. The minimum Gasteiger partial charge on any atom is -0.495 e. The van der Waals surface area contributed by atoms with Gasteiger partial charge in [0.25, 0.3) is 0 Å². The van der Waals surface area contributed by atoms with Crippen LogP contribution in [0.15, 0.2) is 36.5 Å². The number of nitrogens with two attached hydrogens (primary N) is 1. The van der Waals surface area contributed by atoms with Crippen LogP contribution in [0.4, 0.5) is 0 Å². The molecule has 17 heavy (non-hydrogen) atoms. The van der Waals surface area contributed by atoms with Gasteiger partial charge in [-0.3, -0.25) is 4.98 Å². The topological polar surface area (TPSA) is 48.1 Å². The van der Waals surface area contributed by atoms with Crippen molar-refractivity contribution in [3.05, 3.63) is 47.1 Å². The second-order valence-electron chi connectivity index (χ2n) is 3.57. The molecular formula is C13H13ClN2O. The largest absolute Gasteiger partial charge is 0.495 e. The van der Waals surface area contributed by atoms with Gasteiger partial charge < -0.3 is 10.5 Å². The molecule has 0 aliphatic rings. The highest BCUT2D eigenvalue weighted by Gasteiger charge is 2.08. The minimum atomic E-state index is 0.406. The Balaban J connectivity index is 2.50. The normalized spacial score (nSPS) is 10.3. The van der Waals surface area contributed by atoms with Crippen LogP contribution in [-0.4, -0.2) is 12.1 Å². The molecule has 1 aromatic heterocycles. The summed E-state index contributed by atoms with van der Waals surface area (Å²) in [5.74, 6) is 0.698. The van der Waals surface area contributed by atoms with E-state index in [1.807, 2.05) is 30.3 Å². The van der Waals surface area contributed by atoms with Crippen molar-refractivity contribution in [3.8, 4) is 17.0 Å². The fourth-order valence-electron chi connectivity index (χ4n) is 1.64. The number of nitrogens with zero attached hydrogens (tertiary/aromatic N) is 1. The third-order valence-electron chi connectivity index (χ3n) is 2.54. The lowest BCUT2D eigenvalue weighted by molar-refractivity contribution is 0.408. The van der Waals surface area contributed by atoms with Gasteiger partial charge in [-0.2, -0.15) is 0 Å². The van der Waals surface area contributed by atoms with Crippen LogP contribution in [0.2, 0.25) is 5.02 Å². The molecule has 1 aromatic carbocycles. The maximum absolute atomic E-state index is 6.13. The number of benzene rings is 1. The average molecular weight is 249 g/mol. The first-order chi connectivity index (χ1) is 8.26. The second-order valence-corrected chi connectivity index (χ2v) is 3.97. The molecule has 88 valence electrons. The van der Waals surface area contributed by atoms with Crippen molar-refractivity contribution in [2.75, 3.05) is 7.11 Å². The summed E-state index contributed by atoms with van der Waals surface area (Å²) in [6, 6.07) is 9.48. The van der Waals surface area contributed by atoms with Gasteiger partial charge in [-0.25, -0.2) is 0 Å². The molecule has 0 amide bonds. The predicted molar refractivity (Wildman–Crippen MR) is 69.1 cm³/mol. The summed E-state index contributed by atoms with van der Waals surface area (Å²) in [6.07, 6.45) is 1.67. The van der Waals surface area contributed by atoms with Gasteiger partial charge in [-0.15, -0.1) is 0 Å². The highest BCUT2D eigenvalue weighted by atomic mass is 35.5. The number of methoxy groups -OCH3 is 1. The van der Waals surface area contributed by atoms with Crippen molar-refractivity contribution in [1.82, 2.24) is 4.98 Å². The van der Waals surface area contributed by atoms with Crippen molar-refractivity contribution in [3.63, 3.8) is 0 Å². The average Bonchev–Trinajstić information content (AvgIpc) is 2.38. The van der Waals surface area contributed by atoms with Crippen molar-refractivity contribution in [2.45, 2.75) is 6.54 Å². The SMILES string of the molecule is COc1cnc(-c2ccccc2Cl)cc1CN. The highest BCUT2D eigenvalue weighted by molar-refractivity contribution is 6.33. The minimum absolute atomic E-state index is 0.406. The van der Waals surface area contributed by atoms with Crippen molar-refractivity contribution in [2.24, 2.45) is 5.73 Å². The lowest BCUT2D eigenvalue weighted by Crippen LogP contribution is -2.01. The zero-order chi connectivity index (χ0) is 12.3. The lowest BCUT2D eigenvalue weighted by Gasteiger charge is -2.09. The van der Waals surface area contributed by atoms with Crippen LogP contribution in [-0.2, 0) is 6.54 Å². The van der Waals surface area contributed by atoms with E-state index in [9.17, 15) is 0 Å². The molecule has 0 spiro atoms. The lowest BCUT2D eigenvalue weighted by atomic mass is 10.1. The zero-order valence-corrected chi connectivity index (χ0v) is 10.2. The number of rotatable bonds is 3. The number of pyridine rings is 1. The summed E-state index contributed by atoms with van der Waals surface area (Å²) in [7, 11) is 1.60. The Bertz CT molecular complexity index is 529. The molecule has 0 saturated heterocycles. The summed E-state index contributed by atoms with van der Waals surface area (Å²) in [4.78, 5) is 4.32. The molecule has 0 atom stereocenters. The number of hydrogen-bond donors (Lipinski definition) is 1. The van der Waals surface area contributed by atoms with Crippen LogP contribution in [0.1, 0.15) is 5.56 Å². The van der Waals surface area contributed by atoms with Gasteiger partial charge in [0.05, 0.1) is 19.0 Å². The molecule has 3 nitrogen and oxygen atoms in total. The van der Waals surface area contributed by atoms with Gasteiger partial charge >= 0.3 is 0 Å². The van der Waals surface area contributed by atoms with Crippen LogP contribution < -0.4 is 10.5 Å². The Morgan fingerprint density at radius 3 is 2.76 bits per heavy atom. The molecule has 0 bridgehead atoms. The smallest absolute Gasteiger partial charge is 0.141 e. The van der Waals surface area contributed by atoms with Crippen LogP contribution in [0, 0.1) is 0 Å². The van der Waals surface area contributed by atoms with Gasteiger partial charge in [-0.05, 0) is 12.1 Å². The molecule has 2 N–H and O–H groups in total. The predicted octanol–water partition coefficient (Wildman–Crippen LogP) is 2.87. The first kappa shape index (κ1) is 11.9. The fraction of sp³-hybridized carbons (Fsp3) is 0.154. The number of halogens is 1. The summed E-state index contributed by atoms with van der Waals surface area (Å²) in [5, 5.41) is 0.674. The Kier molecular flexibility index (Phi) is 3.61. The van der Waals surface area contributed by atoms with Gasteiger partial charge in [0.1, 0.15) is 5.75 Å². The Labute approximate surface area is 105 Å². The maximum Gasteiger partial charge on any atom is 0.141 e. The summed E-state index contributed by atoms with van der Waals surface area (Å²) >= 11 is 6.13. The number of aromatic nitrogens is 1. The number of ether oxygens (including phenoxy) is 1. The van der Waals surface area contributed by atoms with Crippen molar-refractivity contribution < 1.29 is 4.74 Å². The quantitative estimate of drug-likeness (QED) is 0.909. The monoisotopic (exact) mass is 248 g/mol. The zero-order valence-electron chi connectivity index (χ0n) is 9.48. The summed E-state index contributed by atoms with van der Waals surface area (Å²) < 4.78 is 5.18. The van der Waals surface area contributed by atoms with Crippen LogP contribution in [0.25, 0.3) is 11.3 Å². The summed E-state index contributed by atoms with van der Waals surface area (Å²) in [5.41, 5.74) is 8.28. The number of hydrogen-bond acceptors (Lipinski definition) is 3. The first-order valence-corrected chi connectivity index (χ1v) is 5.62. The Morgan fingerprint density at radius 1 is 1.35 bits per heavy atom. The fourth-order valence-corrected chi connectivity index (χ4v) is 1.88. The van der Waals surface area contributed by atoms with Gasteiger partial charge in [0.15, 0.2) is 0 Å². The molecule has 0 radical (unpaired) electrons. The van der Waals surface area contributed by atoms with Crippen LogP contribution >= 0.6 is 11.6 Å². The van der Waals surface area contributed by atoms with E-state index in [2.05, 4.69) is 4.98 Å². The van der Waals surface area contributed by atoms with E-state index in [0.717, 1.165) is 16.8 Å². The van der Waals surface area contributed by atoms with E-state index < -0.39 is 0 Å². The van der Waals surface area contributed by atoms with E-state index in [1.165, 1.54) is 0 Å². The Hall–Kier alpha value is -1.58. The highest BCUT2D eigenvalue weighted by Crippen LogP contribution is 2.28. The molecule has 0 unspecified atom stereocenters. The molecule has 4 heteroatoms. The molecule has 0 aliphatic carbocycles. The first-order valence-electron chi connectivity index (χ1n) is 5.24. The van der Waals surface area contributed by atoms with Crippen LogP contribution in [0.5, 0.6) is 5.75 Å². The van der Waals surface area contributed by atoms with Gasteiger partial charge in [0, 0.05) is 22.7 Å². The van der Waals surface area contributed by atoms with E-state index in [0.29, 0.717) is 17.3 Å². The standard InChI is InChI=1S/C13H13ClN2O/c1-17-13-8-16-12(6-9(13)7-15)10-4-2-3-5-11(10)14/h2-6,8H,7,15H2,1H3. The van der Waals surface area contributed by atoms with E-state index in [1.54, 1.807) is 13.3 Å². The molecule has 0 aliphatic heterocycles. The van der Waals surface area contributed by atoms with Gasteiger partial charge in [0.2, 0.25) is 0 Å². The van der Waals surface area contributed by atoms with E-state index >= 15 is 0 Å². The van der Waals surface area contributed by atoms with E-state index in [-0.39, 0.29) is 0 Å². The van der Waals surface area contributed by atoms with E-state index in [4.69, 9.17) is 22.1 Å². The third kappa shape index (κ3) is 2.40. The van der Waals surface area contributed by atoms with Crippen molar-refractivity contribution >= 4 is 11.6 Å². The maximum atomic E-state index is 6.13. The summed E-state index contributed by atoms with van der Waals surface area (Å²) in [6.45, 7) is 0.406. The molecular weight excluding hydrogens is 236 g/mol. The van der Waals surface area contributed by atoms with Gasteiger partial charge in [-0.1, -0.05) is 29.8 Å². The third-order valence-corrected chi connectivity index (χ3v) is 2.87. The molecule has 0 fully saturated rings. The Morgan fingerprint density at radius 2 is 2.12 bits per heavy atom. The molecule has 1 heterocycles.